The molecule has 8 heteroatoms. The van der Waals surface area contributed by atoms with Crippen LogP contribution in [-0.4, -0.2) is 98.3 Å². The van der Waals surface area contributed by atoms with Gasteiger partial charge in [0.25, 0.3) is 5.91 Å². The first kappa shape index (κ1) is 24.8. The molecule has 8 nitrogen and oxygen atoms in total. The summed E-state index contributed by atoms with van der Waals surface area (Å²) < 4.78 is 16.5. The fourth-order valence-corrected chi connectivity index (χ4v) is 5.72. The zero-order chi connectivity index (χ0) is 24.2. The smallest absolute Gasteiger partial charge is 0.254 e. The lowest BCUT2D eigenvalue weighted by Gasteiger charge is -2.39. The number of amides is 2. The molecule has 0 aromatic heterocycles. The van der Waals surface area contributed by atoms with E-state index in [4.69, 9.17) is 14.2 Å². The number of methoxy groups -OCH3 is 2. The van der Waals surface area contributed by atoms with Crippen molar-refractivity contribution in [2.45, 2.75) is 57.8 Å². The Kier molecular flexibility index (Phi) is 7.99. The third kappa shape index (κ3) is 5.66. The minimum Gasteiger partial charge on any atom is -0.497 e. The molecule has 0 spiro atoms. The summed E-state index contributed by atoms with van der Waals surface area (Å²) in [5.41, 5.74) is 0.551. The highest BCUT2D eigenvalue weighted by atomic mass is 16.5. The molecular formula is C26H39N3O5. The van der Waals surface area contributed by atoms with Crippen LogP contribution in [0.25, 0.3) is 0 Å². The van der Waals surface area contributed by atoms with Crippen molar-refractivity contribution in [2.75, 3.05) is 53.5 Å². The van der Waals surface area contributed by atoms with Gasteiger partial charge in [-0.15, -0.1) is 0 Å². The molecule has 3 heterocycles. The Morgan fingerprint density at radius 2 is 1.56 bits per heavy atom. The normalized spacial score (nSPS) is 26.5. The van der Waals surface area contributed by atoms with E-state index in [1.165, 1.54) is 0 Å². The molecule has 188 valence electrons. The fraction of sp³-hybridized carbons (Fsp3) is 0.692. The first-order valence-corrected chi connectivity index (χ1v) is 12.6. The summed E-state index contributed by atoms with van der Waals surface area (Å²) in [6, 6.07) is 5.52. The Morgan fingerprint density at radius 3 is 2.15 bits per heavy atom. The van der Waals surface area contributed by atoms with Crippen LogP contribution in [0.4, 0.5) is 0 Å². The summed E-state index contributed by atoms with van der Waals surface area (Å²) in [7, 11) is 3.15. The van der Waals surface area contributed by atoms with Gasteiger partial charge in [0.1, 0.15) is 11.5 Å². The van der Waals surface area contributed by atoms with Crippen molar-refractivity contribution in [1.29, 1.82) is 0 Å². The number of hydrogen-bond donors (Lipinski definition) is 0. The van der Waals surface area contributed by atoms with E-state index in [1.807, 2.05) is 4.90 Å². The number of rotatable bonds is 6. The first-order valence-electron chi connectivity index (χ1n) is 12.6. The van der Waals surface area contributed by atoms with Crippen molar-refractivity contribution < 1.29 is 23.8 Å². The van der Waals surface area contributed by atoms with Crippen molar-refractivity contribution in [2.24, 2.45) is 5.92 Å². The fourth-order valence-electron chi connectivity index (χ4n) is 5.72. The average Bonchev–Trinajstić information content (AvgIpc) is 3.30. The second-order valence-electron chi connectivity index (χ2n) is 9.97. The van der Waals surface area contributed by atoms with Gasteiger partial charge in [0, 0.05) is 62.9 Å². The maximum Gasteiger partial charge on any atom is 0.254 e. The van der Waals surface area contributed by atoms with Gasteiger partial charge < -0.3 is 24.0 Å². The Morgan fingerprint density at radius 1 is 0.941 bits per heavy atom. The Bertz CT molecular complexity index is 838. The van der Waals surface area contributed by atoms with Gasteiger partial charge in [-0.25, -0.2) is 0 Å². The lowest BCUT2D eigenvalue weighted by molar-refractivity contribution is -0.138. The third-order valence-corrected chi connectivity index (χ3v) is 7.35. The van der Waals surface area contributed by atoms with E-state index in [0.717, 1.165) is 39.0 Å². The Labute approximate surface area is 203 Å². The number of carbonyl (C=O) groups excluding carboxylic acids is 2. The zero-order valence-corrected chi connectivity index (χ0v) is 21.0. The minimum absolute atomic E-state index is 0.00738. The monoisotopic (exact) mass is 473 g/mol. The predicted molar refractivity (Wildman–Crippen MR) is 129 cm³/mol. The van der Waals surface area contributed by atoms with Crippen molar-refractivity contribution in [3.63, 3.8) is 0 Å². The van der Waals surface area contributed by atoms with E-state index in [0.29, 0.717) is 43.0 Å². The van der Waals surface area contributed by atoms with Crippen molar-refractivity contribution in [3.8, 4) is 11.5 Å². The average molecular weight is 474 g/mol. The minimum atomic E-state index is -0.0438. The van der Waals surface area contributed by atoms with Gasteiger partial charge in [0.15, 0.2) is 0 Å². The maximum atomic E-state index is 13.4. The topological polar surface area (TPSA) is 71.6 Å². The van der Waals surface area contributed by atoms with Gasteiger partial charge >= 0.3 is 0 Å². The van der Waals surface area contributed by atoms with E-state index in [-0.39, 0.29) is 36.0 Å². The van der Waals surface area contributed by atoms with Gasteiger partial charge in [0.05, 0.1) is 26.4 Å². The van der Waals surface area contributed by atoms with E-state index >= 15 is 0 Å². The standard InChI is InChI=1S/C26H39N3O5/c1-18-15-27(16-19(2)34-18)17-22-6-5-9-29(22)26(31)20-7-10-28(11-8-20)25(30)21-12-23(32-3)14-24(13-21)33-4/h12-14,18-20,22H,5-11,15-17H2,1-4H3. The van der Waals surface area contributed by atoms with Crippen molar-refractivity contribution in [1.82, 2.24) is 14.7 Å². The van der Waals surface area contributed by atoms with E-state index < -0.39 is 0 Å². The molecular weight excluding hydrogens is 434 g/mol. The maximum absolute atomic E-state index is 13.4. The van der Waals surface area contributed by atoms with Crippen LogP contribution in [0.2, 0.25) is 0 Å². The molecule has 3 aliphatic rings. The highest BCUT2D eigenvalue weighted by Gasteiger charge is 2.37. The number of nitrogens with zero attached hydrogens (tertiary/aromatic N) is 3. The number of ether oxygens (including phenoxy) is 3. The molecule has 3 atom stereocenters. The molecule has 3 fully saturated rings. The highest BCUT2D eigenvalue weighted by Crippen LogP contribution is 2.28. The molecule has 0 aliphatic carbocycles. The van der Waals surface area contributed by atoms with Crippen LogP contribution in [0.3, 0.4) is 0 Å². The third-order valence-electron chi connectivity index (χ3n) is 7.35. The van der Waals surface area contributed by atoms with E-state index in [1.54, 1.807) is 32.4 Å². The summed E-state index contributed by atoms with van der Waals surface area (Å²) >= 11 is 0. The van der Waals surface area contributed by atoms with Crippen molar-refractivity contribution in [3.05, 3.63) is 23.8 Å². The molecule has 2 amide bonds. The predicted octanol–water partition coefficient (Wildman–Crippen LogP) is 2.66. The molecule has 1 aromatic carbocycles. The van der Waals surface area contributed by atoms with E-state index in [9.17, 15) is 9.59 Å². The van der Waals surface area contributed by atoms with Crippen LogP contribution in [0.15, 0.2) is 18.2 Å². The number of hydrogen-bond acceptors (Lipinski definition) is 6. The quantitative estimate of drug-likeness (QED) is 0.633. The van der Waals surface area contributed by atoms with Gasteiger partial charge in [-0.2, -0.15) is 0 Å². The summed E-state index contributed by atoms with van der Waals surface area (Å²) in [6.07, 6.45) is 4.03. The largest absolute Gasteiger partial charge is 0.497 e. The van der Waals surface area contributed by atoms with Crippen LogP contribution >= 0.6 is 0 Å². The van der Waals surface area contributed by atoms with E-state index in [2.05, 4.69) is 23.6 Å². The lowest BCUT2D eigenvalue weighted by atomic mass is 9.94. The molecule has 0 radical (unpaired) electrons. The molecule has 0 saturated carbocycles. The van der Waals surface area contributed by atoms with Crippen LogP contribution in [-0.2, 0) is 9.53 Å². The van der Waals surface area contributed by atoms with Gasteiger partial charge in [-0.05, 0) is 51.7 Å². The Balaban J connectivity index is 1.33. The first-order chi connectivity index (χ1) is 16.4. The summed E-state index contributed by atoms with van der Waals surface area (Å²) in [5.74, 6) is 1.41. The summed E-state index contributed by atoms with van der Waals surface area (Å²) in [5, 5.41) is 0. The number of piperidine rings is 1. The zero-order valence-electron chi connectivity index (χ0n) is 21.0. The van der Waals surface area contributed by atoms with Gasteiger partial charge in [-0.3, -0.25) is 14.5 Å². The highest BCUT2D eigenvalue weighted by molar-refractivity contribution is 5.95. The molecule has 3 unspecified atom stereocenters. The number of carbonyl (C=O) groups is 2. The van der Waals surface area contributed by atoms with Crippen molar-refractivity contribution >= 4 is 11.8 Å². The summed E-state index contributed by atoms with van der Waals surface area (Å²) in [6.45, 7) is 9.06. The van der Waals surface area contributed by atoms with Crippen LogP contribution in [0.5, 0.6) is 11.5 Å². The molecule has 4 rings (SSSR count). The molecule has 0 N–H and O–H groups in total. The molecule has 34 heavy (non-hydrogen) atoms. The SMILES string of the molecule is COc1cc(OC)cc(C(=O)N2CCC(C(=O)N3CCCC3CN3CC(C)OC(C)C3)CC2)c1. The van der Waals surface area contributed by atoms with Gasteiger partial charge in [0.2, 0.25) is 5.91 Å². The summed E-state index contributed by atoms with van der Waals surface area (Å²) in [4.78, 5) is 33.0. The number of morpholine rings is 1. The van der Waals surface area contributed by atoms with Crippen LogP contribution in [0, 0.1) is 5.92 Å². The number of benzene rings is 1. The lowest BCUT2D eigenvalue weighted by Crippen LogP contribution is -2.52. The second kappa shape index (κ2) is 11.0. The Hall–Kier alpha value is -2.32. The molecule has 3 aliphatic heterocycles. The van der Waals surface area contributed by atoms with Crippen LogP contribution in [0.1, 0.15) is 49.9 Å². The molecule has 0 bridgehead atoms. The molecule has 1 aromatic rings. The molecule has 3 saturated heterocycles. The second-order valence-corrected chi connectivity index (χ2v) is 9.97. The number of likely N-dealkylation sites (tertiary alicyclic amines) is 2. The van der Waals surface area contributed by atoms with Crippen LogP contribution < -0.4 is 9.47 Å². The van der Waals surface area contributed by atoms with Gasteiger partial charge in [-0.1, -0.05) is 0 Å².